The summed E-state index contributed by atoms with van der Waals surface area (Å²) in [5.41, 5.74) is 6.71. The van der Waals surface area contributed by atoms with Crippen molar-refractivity contribution in [3.8, 4) is 5.75 Å². The number of benzene rings is 1. The summed E-state index contributed by atoms with van der Waals surface area (Å²) in [6, 6.07) is 7.90. The lowest BCUT2D eigenvalue weighted by Crippen LogP contribution is -2.46. The van der Waals surface area contributed by atoms with Gasteiger partial charge >= 0.3 is 0 Å². The summed E-state index contributed by atoms with van der Waals surface area (Å²) >= 11 is 0. The Morgan fingerprint density at radius 2 is 2.12 bits per heavy atom. The fourth-order valence-electron chi connectivity index (χ4n) is 2.04. The number of rotatable bonds is 3. The van der Waals surface area contributed by atoms with Crippen LogP contribution in [0.4, 0.5) is 5.69 Å². The first-order valence-corrected chi connectivity index (χ1v) is 5.46. The van der Waals surface area contributed by atoms with Gasteiger partial charge in [-0.3, -0.25) is 0 Å². The zero-order valence-electron chi connectivity index (χ0n) is 9.52. The van der Waals surface area contributed by atoms with Gasteiger partial charge in [-0.2, -0.15) is 0 Å². The number of aliphatic hydroxyl groups excluding tert-OH is 1. The van der Waals surface area contributed by atoms with E-state index in [1.807, 2.05) is 24.3 Å². The van der Waals surface area contributed by atoms with Crippen molar-refractivity contribution in [2.45, 2.75) is 12.0 Å². The second-order valence-corrected chi connectivity index (χ2v) is 4.39. The van der Waals surface area contributed by atoms with E-state index in [4.69, 9.17) is 10.5 Å². The lowest BCUT2D eigenvalue weighted by atomic mass is 10.0. The van der Waals surface area contributed by atoms with Crippen molar-refractivity contribution in [1.82, 2.24) is 0 Å². The Morgan fingerprint density at radius 3 is 2.62 bits per heavy atom. The Labute approximate surface area is 95.6 Å². The van der Waals surface area contributed by atoms with Crippen LogP contribution < -0.4 is 15.4 Å². The molecule has 1 aromatic carbocycles. The summed E-state index contributed by atoms with van der Waals surface area (Å²) in [5.74, 6) is 0.851. The summed E-state index contributed by atoms with van der Waals surface area (Å²) < 4.78 is 5.11. The maximum Gasteiger partial charge on any atom is 0.119 e. The molecule has 0 amide bonds. The van der Waals surface area contributed by atoms with E-state index in [1.165, 1.54) is 0 Å². The quantitative estimate of drug-likeness (QED) is 0.786. The molecule has 1 fully saturated rings. The normalized spacial score (nSPS) is 24.8. The van der Waals surface area contributed by atoms with Gasteiger partial charge in [0.2, 0.25) is 0 Å². The third-order valence-corrected chi connectivity index (χ3v) is 3.14. The standard InChI is InChI=1S/C12H18N2O2/c1-16-11-4-2-10(3-5-11)14-7-6-12(13,8-14)9-15/h2-5,15H,6-9,13H2,1H3. The monoisotopic (exact) mass is 222 g/mol. The fraction of sp³-hybridized carbons (Fsp3) is 0.500. The number of hydrogen-bond acceptors (Lipinski definition) is 4. The minimum absolute atomic E-state index is 0.0413. The first-order chi connectivity index (χ1) is 7.67. The Kier molecular flexibility index (Phi) is 3.03. The van der Waals surface area contributed by atoms with E-state index in [-0.39, 0.29) is 6.61 Å². The highest BCUT2D eigenvalue weighted by Gasteiger charge is 2.33. The van der Waals surface area contributed by atoms with Gasteiger partial charge in [0.05, 0.1) is 19.3 Å². The van der Waals surface area contributed by atoms with E-state index < -0.39 is 5.54 Å². The van der Waals surface area contributed by atoms with E-state index in [0.29, 0.717) is 6.54 Å². The molecule has 0 bridgehead atoms. The number of aliphatic hydroxyl groups is 1. The van der Waals surface area contributed by atoms with Crippen LogP contribution in [-0.2, 0) is 0 Å². The summed E-state index contributed by atoms with van der Waals surface area (Å²) in [6.07, 6.45) is 0.829. The van der Waals surface area contributed by atoms with Crippen LogP contribution >= 0.6 is 0 Å². The molecule has 1 aromatic rings. The highest BCUT2D eigenvalue weighted by molar-refractivity contribution is 5.50. The number of anilines is 1. The Hall–Kier alpha value is -1.26. The first-order valence-electron chi connectivity index (χ1n) is 5.46. The molecule has 0 aromatic heterocycles. The Balaban J connectivity index is 2.08. The van der Waals surface area contributed by atoms with Gasteiger partial charge in [0.25, 0.3) is 0 Å². The second-order valence-electron chi connectivity index (χ2n) is 4.39. The van der Waals surface area contributed by atoms with Crippen LogP contribution in [0.25, 0.3) is 0 Å². The highest BCUT2D eigenvalue weighted by Crippen LogP contribution is 2.26. The lowest BCUT2D eigenvalue weighted by Gasteiger charge is -2.23. The molecule has 0 radical (unpaired) electrons. The maximum atomic E-state index is 9.20. The minimum atomic E-state index is -0.445. The predicted molar refractivity (Wildman–Crippen MR) is 63.8 cm³/mol. The maximum absolute atomic E-state index is 9.20. The van der Waals surface area contributed by atoms with Gasteiger partial charge in [-0.05, 0) is 30.7 Å². The van der Waals surface area contributed by atoms with Crippen LogP contribution in [0, 0.1) is 0 Å². The number of ether oxygens (including phenoxy) is 1. The zero-order valence-corrected chi connectivity index (χ0v) is 9.52. The van der Waals surface area contributed by atoms with Gasteiger partial charge in [-0.1, -0.05) is 0 Å². The highest BCUT2D eigenvalue weighted by atomic mass is 16.5. The fourth-order valence-corrected chi connectivity index (χ4v) is 2.04. The van der Waals surface area contributed by atoms with Crippen LogP contribution in [0.2, 0.25) is 0 Å². The van der Waals surface area contributed by atoms with Crippen LogP contribution in [0.5, 0.6) is 5.75 Å². The van der Waals surface area contributed by atoms with Crippen LogP contribution in [0.15, 0.2) is 24.3 Å². The largest absolute Gasteiger partial charge is 0.497 e. The van der Waals surface area contributed by atoms with Crippen molar-refractivity contribution in [1.29, 1.82) is 0 Å². The van der Waals surface area contributed by atoms with Crippen LogP contribution in [0.1, 0.15) is 6.42 Å². The average Bonchev–Trinajstić information content (AvgIpc) is 2.73. The van der Waals surface area contributed by atoms with Crippen LogP contribution in [-0.4, -0.2) is 37.5 Å². The average molecular weight is 222 g/mol. The minimum Gasteiger partial charge on any atom is -0.497 e. The Bertz CT molecular complexity index is 353. The molecule has 1 heterocycles. The van der Waals surface area contributed by atoms with Gasteiger partial charge in [0.1, 0.15) is 5.75 Å². The number of hydrogen-bond donors (Lipinski definition) is 2. The van der Waals surface area contributed by atoms with E-state index in [1.54, 1.807) is 7.11 Å². The number of nitrogens with zero attached hydrogens (tertiary/aromatic N) is 1. The summed E-state index contributed by atoms with van der Waals surface area (Å²) in [7, 11) is 1.65. The molecule has 2 rings (SSSR count). The van der Waals surface area contributed by atoms with E-state index in [0.717, 1.165) is 24.4 Å². The van der Waals surface area contributed by atoms with Crippen molar-refractivity contribution in [2.24, 2.45) is 5.73 Å². The second kappa shape index (κ2) is 4.31. The third kappa shape index (κ3) is 2.13. The molecule has 1 saturated heterocycles. The molecule has 0 saturated carbocycles. The molecule has 3 N–H and O–H groups in total. The van der Waals surface area contributed by atoms with E-state index in [9.17, 15) is 5.11 Å². The third-order valence-electron chi connectivity index (χ3n) is 3.14. The summed E-state index contributed by atoms with van der Waals surface area (Å²) in [6.45, 7) is 1.64. The van der Waals surface area contributed by atoms with Crippen molar-refractivity contribution >= 4 is 5.69 Å². The molecular formula is C12H18N2O2. The molecule has 4 nitrogen and oxygen atoms in total. The molecule has 1 aliphatic rings. The first kappa shape index (κ1) is 11.2. The smallest absolute Gasteiger partial charge is 0.119 e. The molecule has 0 spiro atoms. The molecule has 0 aliphatic carbocycles. The van der Waals surface area contributed by atoms with Crippen molar-refractivity contribution in [3.05, 3.63) is 24.3 Å². The zero-order chi connectivity index (χ0) is 11.6. The molecule has 16 heavy (non-hydrogen) atoms. The van der Waals surface area contributed by atoms with Gasteiger partial charge in [0.15, 0.2) is 0 Å². The lowest BCUT2D eigenvalue weighted by molar-refractivity contribution is 0.210. The van der Waals surface area contributed by atoms with Crippen molar-refractivity contribution < 1.29 is 9.84 Å². The van der Waals surface area contributed by atoms with Gasteiger partial charge in [-0.25, -0.2) is 0 Å². The number of methoxy groups -OCH3 is 1. The Morgan fingerprint density at radius 1 is 1.44 bits per heavy atom. The summed E-state index contributed by atoms with van der Waals surface area (Å²) in [4.78, 5) is 2.19. The molecular weight excluding hydrogens is 204 g/mol. The molecule has 4 heteroatoms. The molecule has 88 valence electrons. The van der Waals surface area contributed by atoms with Crippen molar-refractivity contribution in [3.63, 3.8) is 0 Å². The van der Waals surface area contributed by atoms with Crippen LogP contribution in [0.3, 0.4) is 0 Å². The van der Waals surface area contributed by atoms with E-state index >= 15 is 0 Å². The SMILES string of the molecule is COc1ccc(N2CCC(N)(CO)C2)cc1. The van der Waals surface area contributed by atoms with Gasteiger partial charge < -0.3 is 20.5 Å². The van der Waals surface area contributed by atoms with Gasteiger partial charge in [-0.15, -0.1) is 0 Å². The molecule has 1 atom stereocenters. The van der Waals surface area contributed by atoms with E-state index in [2.05, 4.69) is 4.90 Å². The number of nitrogens with two attached hydrogens (primary N) is 1. The topological polar surface area (TPSA) is 58.7 Å². The summed E-state index contributed by atoms with van der Waals surface area (Å²) in [5, 5.41) is 9.20. The van der Waals surface area contributed by atoms with Gasteiger partial charge in [0, 0.05) is 18.8 Å². The molecule has 1 aliphatic heterocycles. The molecule has 1 unspecified atom stereocenters. The predicted octanol–water partition coefficient (Wildman–Crippen LogP) is 0.595. The van der Waals surface area contributed by atoms with Crippen molar-refractivity contribution in [2.75, 3.05) is 31.7 Å².